The largest absolute Gasteiger partial charge is 0.368 e. The molecule has 0 saturated heterocycles. The van der Waals surface area contributed by atoms with Crippen molar-refractivity contribution in [3.8, 4) is 0 Å². The van der Waals surface area contributed by atoms with Crippen LogP contribution in [0.15, 0.2) is 12.9 Å². The molecule has 0 aromatic carbocycles. The molecule has 2 heterocycles. The van der Waals surface area contributed by atoms with Crippen LogP contribution < -0.4 is 5.73 Å². The van der Waals surface area contributed by atoms with Gasteiger partial charge in [-0.25, -0.2) is 4.98 Å². The van der Waals surface area contributed by atoms with Gasteiger partial charge in [0.05, 0.1) is 0 Å². The van der Waals surface area contributed by atoms with Crippen molar-refractivity contribution in [2.75, 3.05) is 5.73 Å². The molecular weight excluding hydrogens is 190 g/mol. The van der Waals surface area contributed by atoms with Gasteiger partial charge in [0.15, 0.2) is 10.8 Å². The predicted octanol–water partition coefficient (Wildman–Crippen LogP) is 1.16. The van der Waals surface area contributed by atoms with E-state index in [9.17, 15) is 0 Å². The topological polar surface area (TPSA) is 69.6 Å². The molecule has 0 amide bonds. The third-order valence-electron chi connectivity index (χ3n) is 1.59. The van der Waals surface area contributed by atoms with Crippen molar-refractivity contribution >= 4 is 34.9 Å². The number of hydrogen-bond acceptors (Lipinski definition) is 4. The molecule has 0 spiro atoms. The fourth-order valence-electron chi connectivity index (χ4n) is 1.03. The number of nitrogens with two attached hydrogens (primary N) is 1. The van der Waals surface area contributed by atoms with Gasteiger partial charge in [0.25, 0.3) is 0 Å². The molecule has 2 aromatic rings. The smallest absolute Gasteiger partial charge is 0.223 e. The van der Waals surface area contributed by atoms with Crippen molar-refractivity contribution in [2.24, 2.45) is 0 Å². The van der Waals surface area contributed by atoms with E-state index < -0.39 is 0 Å². The summed E-state index contributed by atoms with van der Waals surface area (Å²) in [5, 5.41) is 0.253. The van der Waals surface area contributed by atoms with Crippen LogP contribution in [0.1, 0.15) is 0 Å². The Balaban J connectivity index is 2.89. The van der Waals surface area contributed by atoms with E-state index in [0.29, 0.717) is 11.2 Å². The van der Waals surface area contributed by atoms with Gasteiger partial charge in [-0.15, -0.1) is 0 Å². The highest BCUT2D eigenvalue weighted by atomic mass is 35.5. The molecule has 0 saturated carbocycles. The van der Waals surface area contributed by atoms with E-state index in [2.05, 4.69) is 21.5 Å². The third kappa shape index (κ3) is 1.13. The first kappa shape index (κ1) is 8.00. The van der Waals surface area contributed by atoms with Gasteiger partial charge >= 0.3 is 0 Å². The highest BCUT2D eigenvalue weighted by Crippen LogP contribution is 2.19. The average molecular weight is 196 g/mol. The molecule has 0 atom stereocenters. The maximum absolute atomic E-state index is 5.79. The number of imidazole rings is 1. The standard InChI is InChI=1S/C7H6ClN5/c1-2-13-3-10-4-5(8)11-7(9)12-6(4)13/h2-3H,1H2,(H2,9,11,12). The average Bonchev–Trinajstić information content (AvgIpc) is 2.47. The normalized spacial score (nSPS) is 10.5. The summed E-state index contributed by atoms with van der Waals surface area (Å²) in [6.45, 7) is 3.59. The Morgan fingerprint density at radius 2 is 2.31 bits per heavy atom. The number of halogens is 1. The second kappa shape index (κ2) is 2.70. The quantitative estimate of drug-likeness (QED) is 0.694. The lowest BCUT2D eigenvalue weighted by Gasteiger charge is -1.96. The first-order chi connectivity index (χ1) is 6.22. The van der Waals surface area contributed by atoms with E-state index in [1.54, 1.807) is 17.1 Å². The van der Waals surface area contributed by atoms with E-state index in [1.165, 1.54) is 0 Å². The van der Waals surface area contributed by atoms with Crippen molar-refractivity contribution in [1.82, 2.24) is 19.5 Å². The predicted molar refractivity (Wildman–Crippen MR) is 51.1 cm³/mol. The van der Waals surface area contributed by atoms with Gasteiger partial charge in [-0.2, -0.15) is 9.97 Å². The second-order valence-corrected chi connectivity index (χ2v) is 2.74. The highest BCUT2D eigenvalue weighted by Gasteiger charge is 2.08. The van der Waals surface area contributed by atoms with Crippen LogP contribution in [0, 0.1) is 0 Å². The molecular formula is C7H6ClN5. The summed E-state index contributed by atoms with van der Waals surface area (Å²) in [5.41, 5.74) is 6.51. The molecule has 13 heavy (non-hydrogen) atoms. The Hall–Kier alpha value is -1.62. The van der Waals surface area contributed by atoms with E-state index in [4.69, 9.17) is 17.3 Å². The van der Waals surface area contributed by atoms with E-state index in [0.717, 1.165) is 0 Å². The van der Waals surface area contributed by atoms with Gasteiger partial charge in [0.1, 0.15) is 11.8 Å². The minimum absolute atomic E-state index is 0.126. The summed E-state index contributed by atoms with van der Waals surface area (Å²) in [6.07, 6.45) is 3.12. The summed E-state index contributed by atoms with van der Waals surface area (Å²) in [7, 11) is 0. The van der Waals surface area contributed by atoms with Crippen molar-refractivity contribution in [3.05, 3.63) is 18.1 Å². The Labute approximate surface area is 78.9 Å². The van der Waals surface area contributed by atoms with Gasteiger partial charge in [-0.1, -0.05) is 18.2 Å². The molecule has 0 aliphatic rings. The molecule has 2 aromatic heterocycles. The van der Waals surface area contributed by atoms with Gasteiger partial charge in [0, 0.05) is 6.20 Å². The third-order valence-corrected chi connectivity index (χ3v) is 1.86. The van der Waals surface area contributed by atoms with Crippen molar-refractivity contribution in [1.29, 1.82) is 0 Å². The number of rotatable bonds is 1. The molecule has 5 nitrogen and oxygen atoms in total. The van der Waals surface area contributed by atoms with E-state index in [-0.39, 0.29) is 11.1 Å². The lowest BCUT2D eigenvalue weighted by Crippen LogP contribution is -1.97. The van der Waals surface area contributed by atoms with Crippen LogP contribution in [-0.4, -0.2) is 19.5 Å². The number of nitrogen functional groups attached to an aromatic ring is 1. The number of anilines is 1. The Bertz CT molecular complexity index is 475. The highest BCUT2D eigenvalue weighted by molar-refractivity contribution is 6.33. The molecule has 66 valence electrons. The zero-order chi connectivity index (χ0) is 9.42. The van der Waals surface area contributed by atoms with Gasteiger partial charge in [0.2, 0.25) is 5.95 Å². The van der Waals surface area contributed by atoms with Crippen LogP contribution in [0.4, 0.5) is 5.95 Å². The zero-order valence-electron chi connectivity index (χ0n) is 6.61. The second-order valence-electron chi connectivity index (χ2n) is 2.38. The maximum atomic E-state index is 5.79. The zero-order valence-corrected chi connectivity index (χ0v) is 7.36. The van der Waals surface area contributed by atoms with E-state index >= 15 is 0 Å². The fourth-order valence-corrected chi connectivity index (χ4v) is 1.25. The lowest BCUT2D eigenvalue weighted by atomic mass is 10.5. The molecule has 2 N–H and O–H groups in total. The molecule has 0 fully saturated rings. The first-order valence-electron chi connectivity index (χ1n) is 3.50. The first-order valence-corrected chi connectivity index (χ1v) is 3.88. The SMILES string of the molecule is C=Cn1cnc2c(Cl)nc(N)nc21. The monoisotopic (exact) mass is 195 g/mol. The molecule has 0 aliphatic heterocycles. The van der Waals surface area contributed by atoms with Crippen LogP contribution in [0.5, 0.6) is 0 Å². The number of hydrogen-bond donors (Lipinski definition) is 1. The van der Waals surface area contributed by atoms with Crippen LogP contribution in [0.3, 0.4) is 0 Å². The van der Waals surface area contributed by atoms with Crippen molar-refractivity contribution < 1.29 is 0 Å². The summed E-state index contributed by atoms with van der Waals surface area (Å²) in [4.78, 5) is 11.8. The number of nitrogens with zero attached hydrogens (tertiary/aromatic N) is 4. The molecule has 0 unspecified atom stereocenters. The maximum Gasteiger partial charge on any atom is 0.223 e. The fraction of sp³-hybridized carbons (Fsp3) is 0. The van der Waals surface area contributed by atoms with Crippen molar-refractivity contribution in [2.45, 2.75) is 0 Å². The molecule has 0 bridgehead atoms. The lowest BCUT2D eigenvalue weighted by molar-refractivity contribution is 1.13. The van der Waals surface area contributed by atoms with Crippen LogP contribution in [0.2, 0.25) is 5.15 Å². The summed E-state index contributed by atoms with van der Waals surface area (Å²) < 4.78 is 1.62. The Morgan fingerprint density at radius 1 is 1.54 bits per heavy atom. The number of fused-ring (bicyclic) bond motifs is 1. The van der Waals surface area contributed by atoms with Crippen LogP contribution in [0.25, 0.3) is 17.4 Å². The Kier molecular flexibility index (Phi) is 1.66. The minimum Gasteiger partial charge on any atom is -0.368 e. The summed E-state index contributed by atoms with van der Waals surface area (Å²) in [5.74, 6) is 0.126. The summed E-state index contributed by atoms with van der Waals surface area (Å²) in [6, 6.07) is 0. The van der Waals surface area contributed by atoms with Crippen LogP contribution >= 0.6 is 11.6 Å². The van der Waals surface area contributed by atoms with Gasteiger partial charge in [-0.3, -0.25) is 4.57 Å². The minimum atomic E-state index is 0.126. The van der Waals surface area contributed by atoms with Crippen LogP contribution in [-0.2, 0) is 0 Å². The van der Waals surface area contributed by atoms with Gasteiger partial charge < -0.3 is 5.73 Å². The van der Waals surface area contributed by atoms with Crippen molar-refractivity contribution in [3.63, 3.8) is 0 Å². The Morgan fingerprint density at radius 3 is 3.00 bits per heavy atom. The number of aromatic nitrogens is 4. The van der Waals surface area contributed by atoms with Gasteiger partial charge in [-0.05, 0) is 0 Å². The molecule has 0 radical (unpaired) electrons. The molecule has 6 heteroatoms. The molecule has 2 rings (SSSR count). The summed E-state index contributed by atoms with van der Waals surface area (Å²) >= 11 is 5.79. The molecule has 0 aliphatic carbocycles. The van der Waals surface area contributed by atoms with E-state index in [1.807, 2.05) is 0 Å².